The lowest BCUT2D eigenvalue weighted by Gasteiger charge is -2.46. The molecular weight excluding hydrogens is 508 g/mol. The second kappa shape index (κ2) is 13.5. The summed E-state index contributed by atoms with van der Waals surface area (Å²) in [5.74, 6) is 1.34. The Morgan fingerprint density at radius 3 is 2.34 bits per heavy atom. The molecule has 41 heavy (non-hydrogen) atoms. The molecule has 2 aliphatic heterocycles. The zero-order chi connectivity index (χ0) is 28.7. The van der Waals surface area contributed by atoms with Crippen LogP contribution in [0.25, 0.3) is 22.5 Å². The molecule has 1 atom stereocenters. The normalized spacial score (nSPS) is 17.6. The van der Waals surface area contributed by atoms with Crippen LogP contribution in [0.4, 0.5) is 5.69 Å². The lowest BCUT2D eigenvalue weighted by Crippen LogP contribution is -2.50. The number of rotatable bonds is 11. The molecule has 2 aliphatic rings. The summed E-state index contributed by atoms with van der Waals surface area (Å²) in [5, 5.41) is 3.36. The van der Waals surface area contributed by atoms with Crippen LogP contribution >= 0.6 is 0 Å². The largest absolute Gasteiger partial charge is 0.378 e. The summed E-state index contributed by atoms with van der Waals surface area (Å²) in [4.78, 5) is 23.5. The number of piperidine rings is 1. The van der Waals surface area contributed by atoms with Gasteiger partial charge in [0.2, 0.25) is 0 Å². The maximum absolute atomic E-state index is 11.7. The molecule has 1 N–H and O–H groups in total. The fourth-order valence-corrected chi connectivity index (χ4v) is 6.68. The summed E-state index contributed by atoms with van der Waals surface area (Å²) in [6, 6.07) is 14.5. The first kappa shape index (κ1) is 29.2. The molecule has 3 aromatic rings. The van der Waals surface area contributed by atoms with E-state index < -0.39 is 0 Å². The minimum Gasteiger partial charge on any atom is -0.378 e. The minimum atomic E-state index is -0.0111. The number of methoxy groups -OCH3 is 1. The molecule has 2 aromatic carbocycles. The molecule has 0 aliphatic carbocycles. The van der Waals surface area contributed by atoms with Crippen LogP contribution in [0.1, 0.15) is 68.3 Å². The Kier molecular flexibility index (Phi) is 9.63. The maximum Gasteiger partial charge on any atom is 0.159 e. The standard InChI is InChI=1S/C35H44N4O2/c1-4-6-32(5-2)35(41-3)15-19-39(20-16-35)33-23-37-34(38-24-33)28-9-7-27(8-10-28)29-11-12-30(25-40)31(22-29)21-26-13-17-36-18-14-26/h7-13,22-25,32,36H,4-6,14-21H2,1-3H3. The highest BCUT2D eigenvalue weighted by atomic mass is 16.5. The molecule has 1 unspecified atom stereocenters. The molecule has 0 radical (unpaired) electrons. The van der Waals surface area contributed by atoms with E-state index in [1.807, 2.05) is 31.6 Å². The lowest BCUT2D eigenvalue weighted by atomic mass is 9.75. The molecule has 6 nitrogen and oxygen atoms in total. The number of anilines is 1. The molecule has 216 valence electrons. The van der Waals surface area contributed by atoms with Crippen molar-refractivity contribution < 1.29 is 9.53 Å². The summed E-state index contributed by atoms with van der Waals surface area (Å²) in [6.45, 7) is 8.39. The zero-order valence-corrected chi connectivity index (χ0v) is 24.9. The van der Waals surface area contributed by atoms with Gasteiger partial charge in [-0.2, -0.15) is 0 Å². The van der Waals surface area contributed by atoms with E-state index in [0.717, 1.165) is 97.5 Å². The second-order valence-corrected chi connectivity index (χ2v) is 11.5. The van der Waals surface area contributed by atoms with Gasteiger partial charge in [-0.3, -0.25) is 4.79 Å². The van der Waals surface area contributed by atoms with Crippen LogP contribution < -0.4 is 10.2 Å². The van der Waals surface area contributed by atoms with Crippen molar-refractivity contribution in [2.75, 3.05) is 38.2 Å². The fourth-order valence-electron chi connectivity index (χ4n) is 6.68. The average molecular weight is 553 g/mol. The van der Waals surface area contributed by atoms with Gasteiger partial charge in [-0.1, -0.05) is 80.8 Å². The Morgan fingerprint density at radius 1 is 1.02 bits per heavy atom. The van der Waals surface area contributed by atoms with Crippen molar-refractivity contribution in [3.05, 3.63) is 77.6 Å². The molecule has 1 fully saturated rings. The molecule has 1 aromatic heterocycles. The third kappa shape index (κ3) is 6.60. The number of hydrogen-bond acceptors (Lipinski definition) is 6. The van der Waals surface area contributed by atoms with E-state index in [0.29, 0.717) is 5.92 Å². The Hall–Kier alpha value is -3.35. The third-order valence-corrected chi connectivity index (χ3v) is 9.22. The van der Waals surface area contributed by atoms with Gasteiger partial charge < -0.3 is 15.0 Å². The summed E-state index contributed by atoms with van der Waals surface area (Å²) < 4.78 is 6.16. The van der Waals surface area contributed by atoms with E-state index in [1.54, 1.807) is 0 Å². The number of nitrogens with one attached hydrogen (secondary N) is 1. The van der Waals surface area contributed by atoms with Crippen molar-refractivity contribution in [2.45, 2.75) is 64.4 Å². The summed E-state index contributed by atoms with van der Waals surface area (Å²) in [7, 11) is 1.89. The number of hydrogen-bond donors (Lipinski definition) is 1. The van der Waals surface area contributed by atoms with Crippen LogP contribution in [0, 0.1) is 5.92 Å². The van der Waals surface area contributed by atoms with Crippen LogP contribution in [-0.2, 0) is 11.2 Å². The van der Waals surface area contributed by atoms with Crippen molar-refractivity contribution in [3.63, 3.8) is 0 Å². The Bertz CT molecular complexity index is 1330. The SMILES string of the molecule is CCCC(CC)C1(OC)CCN(c2cnc(-c3ccc(-c4ccc(C=O)c(CC5=CCNCC5)c4)cc3)nc2)CC1. The minimum absolute atomic E-state index is 0.0111. The highest BCUT2D eigenvalue weighted by Gasteiger charge is 2.40. The molecule has 0 bridgehead atoms. The van der Waals surface area contributed by atoms with Crippen LogP contribution in [-0.4, -0.2) is 55.1 Å². The Morgan fingerprint density at radius 2 is 1.73 bits per heavy atom. The third-order valence-electron chi connectivity index (χ3n) is 9.22. The van der Waals surface area contributed by atoms with Crippen LogP contribution in [0.2, 0.25) is 0 Å². The van der Waals surface area contributed by atoms with Crippen molar-refractivity contribution in [3.8, 4) is 22.5 Å². The van der Waals surface area contributed by atoms with E-state index in [9.17, 15) is 4.79 Å². The quantitative estimate of drug-likeness (QED) is 0.206. The average Bonchev–Trinajstić information content (AvgIpc) is 3.04. The van der Waals surface area contributed by atoms with E-state index in [-0.39, 0.29) is 5.60 Å². The Labute approximate surface area is 245 Å². The smallest absolute Gasteiger partial charge is 0.159 e. The van der Waals surface area contributed by atoms with Gasteiger partial charge in [-0.25, -0.2) is 9.97 Å². The topological polar surface area (TPSA) is 67.3 Å². The first-order valence-electron chi connectivity index (χ1n) is 15.3. The van der Waals surface area contributed by atoms with Gasteiger partial charge in [0.25, 0.3) is 0 Å². The van der Waals surface area contributed by atoms with E-state index in [4.69, 9.17) is 14.7 Å². The number of benzene rings is 2. The zero-order valence-electron chi connectivity index (χ0n) is 24.9. The van der Waals surface area contributed by atoms with E-state index >= 15 is 0 Å². The molecule has 0 saturated carbocycles. The van der Waals surface area contributed by atoms with Crippen molar-refractivity contribution in [1.29, 1.82) is 0 Å². The van der Waals surface area contributed by atoms with Gasteiger partial charge >= 0.3 is 0 Å². The lowest BCUT2D eigenvalue weighted by molar-refractivity contribution is -0.0794. The van der Waals surface area contributed by atoms with Crippen molar-refractivity contribution in [2.24, 2.45) is 5.92 Å². The number of aromatic nitrogens is 2. The van der Waals surface area contributed by atoms with Crippen molar-refractivity contribution in [1.82, 2.24) is 15.3 Å². The molecule has 6 heteroatoms. The predicted molar refractivity (Wildman–Crippen MR) is 167 cm³/mol. The highest BCUT2D eigenvalue weighted by molar-refractivity contribution is 5.80. The Balaban J connectivity index is 1.26. The summed E-state index contributed by atoms with van der Waals surface area (Å²) in [5.41, 5.74) is 7.54. The molecule has 5 rings (SSSR count). The molecule has 0 spiro atoms. The molecule has 0 amide bonds. The van der Waals surface area contributed by atoms with Gasteiger partial charge in [0.1, 0.15) is 6.29 Å². The molecular formula is C35H44N4O2. The number of carbonyl (C=O) groups excluding carboxylic acids is 1. The van der Waals surface area contributed by atoms with Gasteiger partial charge in [-0.15, -0.1) is 0 Å². The van der Waals surface area contributed by atoms with Gasteiger partial charge in [0.05, 0.1) is 23.7 Å². The summed E-state index contributed by atoms with van der Waals surface area (Å²) in [6.07, 6.45) is 14.7. The van der Waals surface area contributed by atoms with Crippen molar-refractivity contribution >= 4 is 12.0 Å². The molecule has 3 heterocycles. The van der Waals surface area contributed by atoms with Gasteiger partial charge in [0, 0.05) is 37.9 Å². The number of nitrogens with zero attached hydrogens (tertiary/aromatic N) is 3. The number of ether oxygens (including phenoxy) is 1. The predicted octanol–water partition coefficient (Wildman–Crippen LogP) is 6.90. The van der Waals surface area contributed by atoms with Gasteiger partial charge in [-0.05, 0) is 61.3 Å². The van der Waals surface area contributed by atoms with Crippen LogP contribution in [0.5, 0.6) is 0 Å². The molecule has 1 saturated heterocycles. The first-order chi connectivity index (χ1) is 20.1. The monoisotopic (exact) mass is 552 g/mol. The first-order valence-corrected chi connectivity index (χ1v) is 15.3. The van der Waals surface area contributed by atoms with Crippen LogP contribution in [0.15, 0.2) is 66.5 Å². The van der Waals surface area contributed by atoms with E-state index in [1.165, 1.54) is 24.8 Å². The summed E-state index contributed by atoms with van der Waals surface area (Å²) >= 11 is 0. The highest BCUT2D eigenvalue weighted by Crippen LogP contribution is 2.39. The number of aldehydes is 1. The van der Waals surface area contributed by atoms with Crippen LogP contribution in [0.3, 0.4) is 0 Å². The van der Waals surface area contributed by atoms with E-state index in [2.05, 4.69) is 60.5 Å². The second-order valence-electron chi connectivity index (χ2n) is 11.5. The maximum atomic E-state index is 11.7. The van der Waals surface area contributed by atoms with Gasteiger partial charge in [0.15, 0.2) is 5.82 Å². The number of carbonyl (C=O) groups is 1. The fraction of sp³-hybridized carbons (Fsp3) is 0.457.